The number of allylic oxidation sites excluding steroid dienone is 1. The zero-order chi connectivity index (χ0) is 15.8. The SMILES string of the molecule is C=CC(CC(=O)NCC1(CCO)CCOC1)c1ccccc1. The van der Waals surface area contributed by atoms with Crippen LogP contribution >= 0.6 is 0 Å². The molecule has 1 aromatic rings. The van der Waals surface area contributed by atoms with Crippen LogP contribution in [0, 0.1) is 5.41 Å². The number of carbonyl (C=O) groups is 1. The van der Waals surface area contributed by atoms with Crippen LogP contribution in [0.5, 0.6) is 0 Å². The Morgan fingerprint density at radius 3 is 2.82 bits per heavy atom. The molecule has 1 saturated heterocycles. The van der Waals surface area contributed by atoms with Gasteiger partial charge in [-0.05, 0) is 18.4 Å². The molecule has 1 aliphatic heterocycles. The van der Waals surface area contributed by atoms with Gasteiger partial charge in [0.25, 0.3) is 0 Å². The summed E-state index contributed by atoms with van der Waals surface area (Å²) in [4.78, 5) is 12.2. The topological polar surface area (TPSA) is 58.6 Å². The van der Waals surface area contributed by atoms with Crippen LogP contribution in [-0.2, 0) is 9.53 Å². The predicted molar refractivity (Wildman–Crippen MR) is 86.6 cm³/mol. The average Bonchev–Trinajstić information content (AvgIpc) is 3.01. The molecule has 2 atom stereocenters. The Balaban J connectivity index is 1.88. The van der Waals surface area contributed by atoms with E-state index in [0.29, 0.717) is 32.6 Å². The van der Waals surface area contributed by atoms with E-state index in [4.69, 9.17) is 4.74 Å². The van der Waals surface area contributed by atoms with E-state index in [-0.39, 0.29) is 23.8 Å². The number of amides is 1. The fourth-order valence-electron chi connectivity index (χ4n) is 2.91. The molecule has 1 heterocycles. The van der Waals surface area contributed by atoms with Crippen molar-refractivity contribution in [2.75, 3.05) is 26.4 Å². The van der Waals surface area contributed by atoms with Gasteiger partial charge in [-0.15, -0.1) is 6.58 Å². The molecule has 2 unspecified atom stereocenters. The number of aliphatic hydroxyl groups is 1. The molecule has 0 radical (unpaired) electrons. The molecule has 2 N–H and O–H groups in total. The second kappa shape index (κ2) is 8.11. The number of hydrogen-bond acceptors (Lipinski definition) is 3. The lowest BCUT2D eigenvalue weighted by Crippen LogP contribution is -2.39. The molecule has 0 spiro atoms. The van der Waals surface area contributed by atoms with Crippen molar-refractivity contribution >= 4 is 5.91 Å². The van der Waals surface area contributed by atoms with E-state index in [1.807, 2.05) is 36.4 Å². The maximum Gasteiger partial charge on any atom is 0.220 e. The third-order valence-electron chi connectivity index (χ3n) is 4.41. The van der Waals surface area contributed by atoms with Gasteiger partial charge in [0.2, 0.25) is 5.91 Å². The van der Waals surface area contributed by atoms with Crippen molar-refractivity contribution in [3.63, 3.8) is 0 Å². The molecular weight excluding hydrogens is 278 g/mol. The van der Waals surface area contributed by atoms with Gasteiger partial charge in [0.1, 0.15) is 0 Å². The molecule has 0 bridgehead atoms. The summed E-state index contributed by atoms with van der Waals surface area (Å²) in [6.07, 6.45) is 3.76. The minimum absolute atomic E-state index is 0.0120. The molecule has 0 saturated carbocycles. The molecule has 1 amide bonds. The van der Waals surface area contributed by atoms with Crippen molar-refractivity contribution in [1.29, 1.82) is 0 Å². The molecule has 1 fully saturated rings. The van der Waals surface area contributed by atoms with Crippen molar-refractivity contribution in [2.24, 2.45) is 5.41 Å². The van der Waals surface area contributed by atoms with Gasteiger partial charge in [-0.1, -0.05) is 36.4 Å². The first kappa shape index (κ1) is 16.7. The molecule has 4 nitrogen and oxygen atoms in total. The monoisotopic (exact) mass is 303 g/mol. The minimum Gasteiger partial charge on any atom is -0.396 e. The lowest BCUT2D eigenvalue weighted by atomic mass is 9.84. The average molecular weight is 303 g/mol. The molecular formula is C18H25NO3. The summed E-state index contributed by atoms with van der Waals surface area (Å²) < 4.78 is 5.44. The van der Waals surface area contributed by atoms with Crippen LogP contribution in [-0.4, -0.2) is 37.4 Å². The Morgan fingerprint density at radius 1 is 1.45 bits per heavy atom. The lowest BCUT2D eigenvalue weighted by Gasteiger charge is -2.27. The van der Waals surface area contributed by atoms with Gasteiger partial charge in [0.05, 0.1) is 6.61 Å². The van der Waals surface area contributed by atoms with E-state index in [9.17, 15) is 9.90 Å². The van der Waals surface area contributed by atoms with Gasteiger partial charge in [-0.3, -0.25) is 4.79 Å². The largest absolute Gasteiger partial charge is 0.396 e. The Bertz CT molecular complexity index is 480. The van der Waals surface area contributed by atoms with Crippen LogP contribution in [0.4, 0.5) is 0 Å². The number of aliphatic hydroxyl groups excluding tert-OH is 1. The summed E-state index contributed by atoms with van der Waals surface area (Å²) in [6, 6.07) is 9.92. The molecule has 1 aliphatic rings. The van der Waals surface area contributed by atoms with Crippen LogP contribution in [0.3, 0.4) is 0 Å². The zero-order valence-electron chi connectivity index (χ0n) is 13.0. The highest BCUT2D eigenvalue weighted by Crippen LogP contribution is 2.31. The van der Waals surface area contributed by atoms with Gasteiger partial charge >= 0.3 is 0 Å². The van der Waals surface area contributed by atoms with Crippen molar-refractivity contribution in [1.82, 2.24) is 5.32 Å². The van der Waals surface area contributed by atoms with E-state index in [2.05, 4.69) is 11.9 Å². The highest BCUT2D eigenvalue weighted by molar-refractivity contribution is 5.77. The highest BCUT2D eigenvalue weighted by Gasteiger charge is 2.34. The Hall–Kier alpha value is -1.65. The molecule has 22 heavy (non-hydrogen) atoms. The van der Waals surface area contributed by atoms with Crippen LogP contribution < -0.4 is 5.32 Å². The van der Waals surface area contributed by atoms with E-state index < -0.39 is 0 Å². The Morgan fingerprint density at radius 2 is 2.23 bits per heavy atom. The third-order valence-corrected chi connectivity index (χ3v) is 4.41. The lowest BCUT2D eigenvalue weighted by molar-refractivity contribution is -0.121. The van der Waals surface area contributed by atoms with Gasteiger partial charge in [-0.25, -0.2) is 0 Å². The van der Waals surface area contributed by atoms with Crippen LogP contribution in [0.1, 0.15) is 30.7 Å². The van der Waals surface area contributed by atoms with E-state index >= 15 is 0 Å². The summed E-state index contributed by atoms with van der Waals surface area (Å²) in [7, 11) is 0. The minimum atomic E-state index is -0.110. The summed E-state index contributed by atoms with van der Waals surface area (Å²) in [5.41, 5.74) is 0.989. The van der Waals surface area contributed by atoms with Crippen molar-refractivity contribution in [2.45, 2.75) is 25.2 Å². The molecule has 1 aromatic carbocycles. The van der Waals surface area contributed by atoms with E-state index in [1.165, 1.54) is 0 Å². The molecule has 2 rings (SSSR count). The van der Waals surface area contributed by atoms with Crippen LogP contribution in [0.2, 0.25) is 0 Å². The fourth-order valence-corrected chi connectivity index (χ4v) is 2.91. The van der Waals surface area contributed by atoms with Gasteiger partial charge in [0.15, 0.2) is 0 Å². The summed E-state index contributed by atoms with van der Waals surface area (Å²) in [5, 5.41) is 12.2. The number of rotatable bonds is 8. The fraction of sp³-hybridized carbons (Fsp3) is 0.500. The smallest absolute Gasteiger partial charge is 0.220 e. The number of benzene rings is 1. The second-order valence-corrected chi connectivity index (χ2v) is 6.01. The maximum absolute atomic E-state index is 12.2. The van der Waals surface area contributed by atoms with Gasteiger partial charge < -0.3 is 15.2 Å². The van der Waals surface area contributed by atoms with Crippen LogP contribution in [0.15, 0.2) is 43.0 Å². The van der Waals surface area contributed by atoms with Crippen molar-refractivity contribution < 1.29 is 14.6 Å². The molecule has 0 aromatic heterocycles. The summed E-state index contributed by atoms with van der Waals surface area (Å²) in [5.74, 6) is 0.0350. The molecule has 4 heteroatoms. The number of carbonyl (C=O) groups excluding carboxylic acids is 1. The summed E-state index contributed by atoms with van der Waals surface area (Å²) in [6.45, 7) is 5.83. The number of nitrogens with one attached hydrogen (secondary N) is 1. The Kier molecular flexibility index (Phi) is 6.16. The van der Waals surface area contributed by atoms with Crippen molar-refractivity contribution in [3.05, 3.63) is 48.6 Å². The van der Waals surface area contributed by atoms with Gasteiger partial charge in [-0.2, -0.15) is 0 Å². The molecule has 120 valence electrons. The standard InChI is InChI=1S/C18H25NO3/c1-2-15(16-6-4-3-5-7-16)12-17(21)19-13-18(8-10-20)9-11-22-14-18/h2-7,15,20H,1,8-14H2,(H,19,21). The van der Waals surface area contributed by atoms with Gasteiger partial charge in [0, 0.05) is 37.5 Å². The third kappa shape index (κ3) is 4.42. The zero-order valence-corrected chi connectivity index (χ0v) is 13.0. The first-order valence-corrected chi connectivity index (χ1v) is 7.82. The Labute approximate surface area is 132 Å². The van der Waals surface area contributed by atoms with E-state index in [0.717, 1.165) is 12.0 Å². The highest BCUT2D eigenvalue weighted by atomic mass is 16.5. The number of hydrogen-bond donors (Lipinski definition) is 2. The number of ether oxygens (including phenoxy) is 1. The maximum atomic E-state index is 12.2. The normalized spacial score (nSPS) is 22.2. The molecule has 0 aliphatic carbocycles. The van der Waals surface area contributed by atoms with Crippen molar-refractivity contribution in [3.8, 4) is 0 Å². The first-order chi connectivity index (χ1) is 10.7. The van der Waals surface area contributed by atoms with Crippen LogP contribution in [0.25, 0.3) is 0 Å². The van der Waals surface area contributed by atoms with E-state index in [1.54, 1.807) is 0 Å². The first-order valence-electron chi connectivity index (χ1n) is 7.82. The quantitative estimate of drug-likeness (QED) is 0.724. The second-order valence-electron chi connectivity index (χ2n) is 6.01. The summed E-state index contributed by atoms with van der Waals surface area (Å²) >= 11 is 0. The predicted octanol–water partition coefficient (Wildman–Crippen LogP) is 2.25.